The average Bonchev–Trinajstić information content (AvgIpc) is 2.51. The molecular weight excluding hydrogens is 212 g/mol. The quantitative estimate of drug-likeness (QED) is 0.813. The monoisotopic (exact) mass is 240 g/mol. The molecule has 0 spiro atoms. The van der Waals surface area contributed by atoms with Gasteiger partial charge in [-0.15, -0.1) is 0 Å². The summed E-state index contributed by atoms with van der Waals surface area (Å²) in [6.45, 7) is 8.30. The van der Waals surface area contributed by atoms with Crippen LogP contribution in [0.25, 0.3) is 0 Å². The van der Waals surface area contributed by atoms with Crippen LogP contribution in [-0.2, 0) is 4.74 Å². The van der Waals surface area contributed by atoms with Gasteiger partial charge in [-0.25, -0.2) is 0 Å². The van der Waals surface area contributed by atoms with E-state index in [0.29, 0.717) is 11.6 Å². The van der Waals surface area contributed by atoms with Gasteiger partial charge in [0, 0.05) is 25.2 Å². The first-order chi connectivity index (χ1) is 8.23. The molecule has 17 heavy (non-hydrogen) atoms. The summed E-state index contributed by atoms with van der Waals surface area (Å²) in [7, 11) is 1.84. The van der Waals surface area contributed by atoms with Crippen LogP contribution >= 0.6 is 0 Å². The highest BCUT2D eigenvalue weighted by Crippen LogP contribution is 2.31. The van der Waals surface area contributed by atoms with E-state index in [9.17, 15) is 0 Å². The van der Waals surface area contributed by atoms with Gasteiger partial charge in [-0.3, -0.25) is 4.90 Å². The molecule has 100 valence electrons. The lowest BCUT2D eigenvalue weighted by Crippen LogP contribution is -2.56. The van der Waals surface area contributed by atoms with E-state index in [0.717, 1.165) is 6.04 Å². The molecule has 2 fully saturated rings. The largest absolute Gasteiger partial charge is 0.381 e. The molecule has 0 bridgehead atoms. The van der Waals surface area contributed by atoms with Gasteiger partial charge < -0.3 is 10.1 Å². The minimum atomic E-state index is 0.356. The van der Waals surface area contributed by atoms with Crippen molar-refractivity contribution in [2.24, 2.45) is 0 Å². The fourth-order valence-electron chi connectivity index (χ4n) is 3.22. The van der Waals surface area contributed by atoms with E-state index in [-0.39, 0.29) is 0 Å². The second kappa shape index (κ2) is 5.68. The van der Waals surface area contributed by atoms with Gasteiger partial charge in [0.15, 0.2) is 0 Å². The lowest BCUT2D eigenvalue weighted by Gasteiger charge is -2.45. The van der Waals surface area contributed by atoms with E-state index in [1.807, 2.05) is 7.11 Å². The Bertz CT molecular complexity index is 234. The van der Waals surface area contributed by atoms with Crippen LogP contribution in [0.3, 0.4) is 0 Å². The predicted molar refractivity (Wildman–Crippen MR) is 71.3 cm³/mol. The molecule has 3 nitrogen and oxygen atoms in total. The van der Waals surface area contributed by atoms with Crippen LogP contribution in [0, 0.1) is 0 Å². The maximum absolute atomic E-state index is 5.40. The van der Waals surface area contributed by atoms with Crippen molar-refractivity contribution >= 4 is 0 Å². The molecule has 1 aliphatic carbocycles. The summed E-state index contributed by atoms with van der Waals surface area (Å²) >= 11 is 0. The van der Waals surface area contributed by atoms with Crippen molar-refractivity contribution in [3.05, 3.63) is 0 Å². The fraction of sp³-hybridized carbons (Fsp3) is 1.00. The van der Waals surface area contributed by atoms with Gasteiger partial charge >= 0.3 is 0 Å². The SMILES string of the molecule is CCC1(CC)CN(C2CC(OC)C2)CCCN1. The van der Waals surface area contributed by atoms with E-state index >= 15 is 0 Å². The second-order valence-corrected chi connectivity index (χ2v) is 5.72. The van der Waals surface area contributed by atoms with Gasteiger partial charge in [0.25, 0.3) is 0 Å². The summed E-state index contributed by atoms with van der Waals surface area (Å²) in [5.41, 5.74) is 0.356. The first kappa shape index (κ1) is 13.3. The van der Waals surface area contributed by atoms with Crippen molar-refractivity contribution in [1.82, 2.24) is 10.2 Å². The number of nitrogens with zero attached hydrogens (tertiary/aromatic N) is 1. The van der Waals surface area contributed by atoms with Crippen molar-refractivity contribution in [3.63, 3.8) is 0 Å². The Morgan fingerprint density at radius 1 is 1.29 bits per heavy atom. The molecule has 1 heterocycles. The molecule has 0 aromatic rings. The van der Waals surface area contributed by atoms with Crippen LogP contribution in [0.2, 0.25) is 0 Å². The number of rotatable bonds is 4. The van der Waals surface area contributed by atoms with Crippen LogP contribution in [-0.4, -0.2) is 49.3 Å². The topological polar surface area (TPSA) is 24.5 Å². The molecule has 0 aromatic heterocycles. The highest BCUT2D eigenvalue weighted by atomic mass is 16.5. The molecule has 0 atom stereocenters. The van der Waals surface area contributed by atoms with Crippen LogP contribution in [0.15, 0.2) is 0 Å². The van der Waals surface area contributed by atoms with Crippen LogP contribution in [0.5, 0.6) is 0 Å². The molecule has 1 saturated heterocycles. The lowest BCUT2D eigenvalue weighted by atomic mass is 9.85. The van der Waals surface area contributed by atoms with Gasteiger partial charge in [-0.1, -0.05) is 13.8 Å². The van der Waals surface area contributed by atoms with E-state index < -0.39 is 0 Å². The molecular formula is C14H28N2O. The zero-order valence-electron chi connectivity index (χ0n) is 11.7. The summed E-state index contributed by atoms with van der Waals surface area (Å²) < 4.78 is 5.40. The number of nitrogens with one attached hydrogen (secondary N) is 1. The average molecular weight is 240 g/mol. The molecule has 2 rings (SSSR count). The first-order valence-corrected chi connectivity index (χ1v) is 7.25. The Kier molecular flexibility index (Phi) is 4.45. The third-order valence-corrected chi connectivity index (χ3v) is 4.90. The normalized spacial score (nSPS) is 34.1. The molecule has 0 radical (unpaired) electrons. The van der Waals surface area contributed by atoms with Gasteiger partial charge in [-0.2, -0.15) is 0 Å². The fourth-order valence-corrected chi connectivity index (χ4v) is 3.22. The molecule has 1 N–H and O–H groups in total. The zero-order chi connectivity index (χ0) is 12.3. The Morgan fingerprint density at radius 3 is 2.59 bits per heavy atom. The maximum atomic E-state index is 5.40. The van der Waals surface area contributed by atoms with Crippen molar-refractivity contribution < 1.29 is 4.74 Å². The number of hydrogen-bond acceptors (Lipinski definition) is 3. The third-order valence-electron chi connectivity index (χ3n) is 4.90. The van der Waals surface area contributed by atoms with Crippen molar-refractivity contribution in [2.75, 3.05) is 26.7 Å². The Balaban J connectivity index is 1.93. The van der Waals surface area contributed by atoms with E-state index in [2.05, 4.69) is 24.1 Å². The molecule has 3 heteroatoms. The Hall–Kier alpha value is -0.120. The minimum absolute atomic E-state index is 0.356. The molecule has 2 aliphatic rings. The number of hydrogen-bond donors (Lipinski definition) is 1. The third kappa shape index (κ3) is 2.83. The lowest BCUT2D eigenvalue weighted by molar-refractivity contribution is -0.0321. The summed E-state index contributed by atoms with van der Waals surface area (Å²) in [6, 6.07) is 0.775. The van der Waals surface area contributed by atoms with Crippen molar-refractivity contribution in [1.29, 1.82) is 0 Å². The molecule has 0 unspecified atom stereocenters. The van der Waals surface area contributed by atoms with Crippen LogP contribution in [0.1, 0.15) is 46.0 Å². The van der Waals surface area contributed by atoms with Crippen molar-refractivity contribution in [2.45, 2.75) is 63.6 Å². The summed E-state index contributed by atoms with van der Waals surface area (Å²) in [6.07, 6.45) is 6.76. The van der Waals surface area contributed by atoms with Gasteiger partial charge in [0.1, 0.15) is 0 Å². The molecule has 1 saturated carbocycles. The highest BCUT2D eigenvalue weighted by molar-refractivity contribution is 4.96. The zero-order valence-corrected chi connectivity index (χ0v) is 11.7. The van der Waals surface area contributed by atoms with Crippen LogP contribution < -0.4 is 5.32 Å². The minimum Gasteiger partial charge on any atom is -0.381 e. The molecule has 0 aromatic carbocycles. The highest BCUT2D eigenvalue weighted by Gasteiger charge is 2.38. The van der Waals surface area contributed by atoms with Gasteiger partial charge in [0.2, 0.25) is 0 Å². The summed E-state index contributed by atoms with van der Waals surface area (Å²) in [4.78, 5) is 2.71. The van der Waals surface area contributed by atoms with Crippen molar-refractivity contribution in [3.8, 4) is 0 Å². The summed E-state index contributed by atoms with van der Waals surface area (Å²) in [5, 5.41) is 3.78. The first-order valence-electron chi connectivity index (χ1n) is 7.25. The molecule has 0 amide bonds. The Labute approximate surface area is 106 Å². The van der Waals surface area contributed by atoms with Crippen LogP contribution in [0.4, 0.5) is 0 Å². The second-order valence-electron chi connectivity index (χ2n) is 5.72. The smallest absolute Gasteiger partial charge is 0.0601 e. The maximum Gasteiger partial charge on any atom is 0.0601 e. The predicted octanol–water partition coefficient (Wildman–Crippen LogP) is 2.02. The Morgan fingerprint density at radius 2 is 2.00 bits per heavy atom. The van der Waals surface area contributed by atoms with E-state index in [4.69, 9.17) is 4.74 Å². The summed E-state index contributed by atoms with van der Waals surface area (Å²) in [5.74, 6) is 0. The van der Waals surface area contributed by atoms with Gasteiger partial charge in [-0.05, 0) is 45.2 Å². The van der Waals surface area contributed by atoms with E-state index in [1.165, 1.54) is 51.7 Å². The number of methoxy groups -OCH3 is 1. The van der Waals surface area contributed by atoms with Gasteiger partial charge in [0.05, 0.1) is 6.10 Å². The van der Waals surface area contributed by atoms with E-state index in [1.54, 1.807) is 0 Å². The molecule has 1 aliphatic heterocycles. The standard InChI is InChI=1S/C14H28N2O/c1-4-14(5-2)11-16(8-6-7-15-14)12-9-13(10-12)17-3/h12-13,15H,4-11H2,1-3H3. The number of ether oxygens (including phenoxy) is 1.